The summed E-state index contributed by atoms with van der Waals surface area (Å²) >= 11 is 2.63. The fraction of sp³-hybridized carbons (Fsp3) is 0.100. The maximum atomic E-state index is 13.7. The second-order valence-electron chi connectivity index (χ2n) is 6.60. The van der Waals surface area contributed by atoms with Gasteiger partial charge in [-0.05, 0) is 24.3 Å². The Morgan fingerprint density at radius 2 is 2.12 bits per heavy atom. The van der Waals surface area contributed by atoms with Crippen molar-refractivity contribution in [1.29, 1.82) is 0 Å². The van der Waals surface area contributed by atoms with Crippen molar-refractivity contribution in [3.8, 4) is 17.1 Å². The minimum Gasteiger partial charge on any atom is -0.482 e. The quantitative estimate of drug-likeness (QED) is 0.273. The number of aromatic nitrogens is 5. The number of nitrogens with one attached hydrogen (secondary N) is 1. The van der Waals surface area contributed by atoms with E-state index in [-0.39, 0.29) is 17.9 Å². The zero-order chi connectivity index (χ0) is 22.1. The highest BCUT2D eigenvalue weighted by atomic mass is 32.2. The summed E-state index contributed by atoms with van der Waals surface area (Å²) in [5.41, 5.74) is 0.468. The van der Waals surface area contributed by atoms with Crippen LogP contribution in [0.3, 0.4) is 0 Å². The minimum atomic E-state index is -0.473. The molecular formula is C20H15FN6O3S2. The van der Waals surface area contributed by atoms with Crippen LogP contribution in [0.2, 0.25) is 0 Å². The van der Waals surface area contributed by atoms with Crippen LogP contribution >= 0.6 is 23.1 Å². The molecule has 4 heterocycles. The summed E-state index contributed by atoms with van der Waals surface area (Å²) in [5, 5.41) is 10.8. The van der Waals surface area contributed by atoms with Gasteiger partial charge >= 0.3 is 0 Å². The van der Waals surface area contributed by atoms with Crippen LogP contribution in [0, 0.1) is 5.82 Å². The number of nitrogen functional groups attached to an aromatic ring is 1. The molecule has 0 radical (unpaired) electrons. The molecule has 0 amide bonds. The molecule has 32 heavy (non-hydrogen) atoms. The number of aromatic amines is 1. The van der Waals surface area contributed by atoms with Crippen LogP contribution < -0.4 is 16.1 Å². The number of H-pyrrole nitrogens is 1. The number of thioether (sulfide) groups is 1. The number of para-hydroxylation sites is 1. The first kappa shape index (κ1) is 20.3. The van der Waals surface area contributed by atoms with Gasteiger partial charge in [-0.15, -0.1) is 21.5 Å². The predicted molar refractivity (Wildman–Crippen MR) is 118 cm³/mol. The van der Waals surface area contributed by atoms with Crippen molar-refractivity contribution in [2.24, 2.45) is 0 Å². The average molecular weight is 471 g/mol. The maximum Gasteiger partial charge on any atom is 0.260 e. The van der Waals surface area contributed by atoms with Gasteiger partial charge in [-0.3, -0.25) is 4.79 Å². The lowest BCUT2D eigenvalue weighted by Gasteiger charge is -2.07. The predicted octanol–water partition coefficient (Wildman–Crippen LogP) is 3.56. The number of furan rings is 1. The van der Waals surface area contributed by atoms with Crippen LogP contribution in [-0.4, -0.2) is 24.8 Å². The van der Waals surface area contributed by atoms with Crippen molar-refractivity contribution in [2.75, 3.05) is 5.84 Å². The fourth-order valence-corrected chi connectivity index (χ4v) is 4.71. The molecule has 3 N–H and O–H groups in total. The molecule has 162 valence electrons. The lowest BCUT2D eigenvalue weighted by molar-refractivity contribution is 0.277. The summed E-state index contributed by atoms with van der Waals surface area (Å²) in [6.07, 6.45) is 1.56. The first-order valence-corrected chi connectivity index (χ1v) is 11.2. The third kappa shape index (κ3) is 3.85. The van der Waals surface area contributed by atoms with E-state index in [1.54, 1.807) is 30.5 Å². The SMILES string of the molecule is Nn1c(COc2ccccc2F)nnc1SCc1nc2scc(-c3ccco3)c2c(=O)[nH]1. The Labute approximate surface area is 188 Å². The van der Waals surface area contributed by atoms with Crippen molar-refractivity contribution in [1.82, 2.24) is 24.8 Å². The maximum absolute atomic E-state index is 13.7. The van der Waals surface area contributed by atoms with Gasteiger partial charge in [0.2, 0.25) is 5.16 Å². The summed E-state index contributed by atoms with van der Waals surface area (Å²) in [6.45, 7) is -0.0449. The molecule has 0 atom stereocenters. The number of thiophene rings is 1. The van der Waals surface area contributed by atoms with Gasteiger partial charge < -0.3 is 20.0 Å². The molecule has 9 nitrogen and oxygen atoms in total. The first-order valence-electron chi connectivity index (χ1n) is 9.34. The van der Waals surface area contributed by atoms with E-state index in [2.05, 4.69) is 20.2 Å². The van der Waals surface area contributed by atoms with Crippen LogP contribution in [0.5, 0.6) is 5.75 Å². The van der Waals surface area contributed by atoms with Crippen LogP contribution in [0.15, 0.2) is 62.4 Å². The Morgan fingerprint density at radius 3 is 2.94 bits per heavy atom. The van der Waals surface area contributed by atoms with Crippen molar-refractivity contribution < 1.29 is 13.5 Å². The number of halogens is 1. The lowest BCUT2D eigenvalue weighted by Crippen LogP contribution is -2.16. The van der Waals surface area contributed by atoms with E-state index in [1.165, 1.54) is 39.9 Å². The van der Waals surface area contributed by atoms with Crippen molar-refractivity contribution in [3.63, 3.8) is 0 Å². The second-order valence-corrected chi connectivity index (χ2v) is 8.40. The fourth-order valence-electron chi connectivity index (χ4n) is 3.02. The molecule has 1 aromatic carbocycles. The van der Waals surface area contributed by atoms with Crippen LogP contribution in [0.1, 0.15) is 11.6 Å². The molecule has 0 spiro atoms. The third-order valence-electron chi connectivity index (χ3n) is 4.55. The average Bonchev–Trinajstić information content (AvgIpc) is 3.52. The molecule has 0 saturated carbocycles. The van der Waals surface area contributed by atoms with Crippen LogP contribution in [0.4, 0.5) is 4.39 Å². The summed E-state index contributed by atoms with van der Waals surface area (Å²) in [5.74, 6) is 7.42. The Morgan fingerprint density at radius 1 is 1.25 bits per heavy atom. The van der Waals surface area contributed by atoms with Crippen LogP contribution in [-0.2, 0) is 12.4 Å². The number of nitrogens with two attached hydrogens (primary N) is 1. The van der Waals surface area contributed by atoms with E-state index in [4.69, 9.17) is 15.0 Å². The highest BCUT2D eigenvalue weighted by Gasteiger charge is 2.16. The van der Waals surface area contributed by atoms with Gasteiger partial charge in [0.05, 0.1) is 17.4 Å². The summed E-state index contributed by atoms with van der Waals surface area (Å²) in [4.78, 5) is 20.6. The number of rotatable bonds is 7. The molecule has 0 aliphatic heterocycles. The van der Waals surface area contributed by atoms with Gasteiger partial charge in [0, 0.05) is 10.9 Å². The van der Waals surface area contributed by atoms with E-state index >= 15 is 0 Å². The molecule has 0 bridgehead atoms. The molecule has 0 aliphatic carbocycles. The zero-order valence-corrected chi connectivity index (χ0v) is 18.0. The molecule has 5 rings (SSSR count). The van der Waals surface area contributed by atoms with Crippen molar-refractivity contribution in [3.05, 3.63) is 75.9 Å². The lowest BCUT2D eigenvalue weighted by atomic mass is 10.2. The number of benzene rings is 1. The topological polar surface area (TPSA) is 125 Å². The highest BCUT2D eigenvalue weighted by molar-refractivity contribution is 7.98. The van der Waals surface area contributed by atoms with E-state index in [0.29, 0.717) is 44.1 Å². The Balaban J connectivity index is 1.30. The minimum absolute atomic E-state index is 0.0449. The number of hydrogen-bond donors (Lipinski definition) is 2. The van der Waals surface area contributed by atoms with Crippen molar-refractivity contribution in [2.45, 2.75) is 17.5 Å². The molecule has 0 aliphatic rings. The smallest absolute Gasteiger partial charge is 0.260 e. The second kappa shape index (κ2) is 8.48. The molecule has 0 fully saturated rings. The summed E-state index contributed by atoms with van der Waals surface area (Å²) in [7, 11) is 0. The molecule has 12 heteroatoms. The molecule has 0 saturated heterocycles. The Kier molecular flexibility index (Phi) is 5.37. The number of nitrogens with zero attached hydrogens (tertiary/aromatic N) is 4. The third-order valence-corrected chi connectivity index (χ3v) is 6.37. The monoisotopic (exact) mass is 470 g/mol. The van der Waals surface area contributed by atoms with E-state index in [9.17, 15) is 9.18 Å². The van der Waals surface area contributed by atoms with E-state index < -0.39 is 5.82 Å². The van der Waals surface area contributed by atoms with Gasteiger partial charge in [0.25, 0.3) is 5.56 Å². The molecular weight excluding hydrogens is 455 g/mol. The van der Waals surface area contributed by atoms with Crippen molar-refractivity contribution >= 4 is 33.3 Å². The standard InChI is InChI=1S/C20H15FN6O3S2/c21-12-4-1-2-5-14(12)30-8-16-25-26-20(27(16)22)32-10-15-23-18(28)17-11(9-31-19(17)24-15)13-6-3-7-29-13/h1-7,9H,8,10,22H2,(H,23,24,28). The number of ether oxygens (including phenoxy) is 1. The molecule has 4 aromatic heterocycles. The Bertz CT molecular complexity index is 1440. The largest absolute Gasteiger partial charge is 0.482 e. The number of hydrogen-bond acceptors (Lipinski definition) is 9. The van der Waals surface area contributed by atoms with Gasteiger partial charge in [-0.1, -0.05) is 23.9 Å². The van der Waals surface area contributed by atoms with Gasteiger partial charge in [-0.25, -0.2) is 14.1 Å². The zero-order valence-electron chi connectivity index (χ0n) is 16.3. The van der Waals surface area contributed by atoms with E-state index in [0.717, 1.165) is 0 Å². The highest BCUT2D eigenvalue weighted by Crippen LogP contribution is 2.31. The van der Waals surface area contributed by atoms with E-state index in [1.807, 2.05) is 5.38 Å². The Hall–Kier alpha value is -3.64. The normalized spacial score (nSPS) is 11.3. The summed E-state index contributed by atoms with van der Waals surface area (Å²) < 4.78 is 25.8. The molecule has 0 unspecified atom stereocenters. The number of fused-ring (bicyclic) bond motifs is 1. The van der Waals surface area contributed by atoms with Gasteiger partial charge in [-0.2, -0.15) is 0 Å². The van der Waals surface area contributed by atoms with Gasteiger partial charge in [0.1, 0.15) is 23.0 Å². The van der Waals surface area contributed by atoms with Crippen LogP contribution in [0.25, 0.3) is 21.5 Å². The summed E-state index contributed by atoms with van der Waals surface area (Å²) in [6, 6.07) is 9.63. The molecule has 5 aromatic rings. The van der Waals surface area contributed by atoms with Gasteiger partial charge in [0.15, 0.2) is 17.4 Å². The first-order chi connectivity index (χ1) is 15.6.